The van der Waals surface area contributed by atoms with Gasteiger partial charge in [-0.05, 0) is 49.9 Å². The van der Waals surface area contributed by atoms with Gasteiger partial charge in [0.25, 0.3) is 0 Å². The lowest BCUT2D eigenvalue weighted by molar-refractivity contribution is 0.138. The van der Waals surface area contributed by atoms with Crippen molar-refractivity contribution in [1.29, 1.82) is 0 Å². The molecule has 1 aromatic heterocycles. The molecule has 1 aromatic carbocycles. The first kappa shape index (κ1) is 14.8. The minimum Gasteiger partial charge on any atom is -0.487 e. The second-order valence-corrected chi connectivity index (χ2v) is 7.51. The molecule has 0 radical (unpaired) electrons. The van der Waals surface area contributed by atoms with Crippen LogP contribution in [0.4, 0.5) is 0 Å². The van der Waals surface area contributed by atoms with Gasteiger partial charge in [0, 0.05) is 38.3 Å². The Labute approximate surface area is 137 Å². The van der Waals surface area contributed by atoms with Crippen molar-refractivity contribution in [2.24, 2.45) is 5.92 Å². The molecular formula is C19H25N3O. The van der Waals surface area contributed by atoms with Crippen molar-refractivity contribution in [3.63, 3.8) is 0 Å². The zero-order valence-electron chi connectivity index (χ0n) is 14.0. The fourth-order valence-corrected chi connectivity index (χ4v) is 3.80. The number of nitrogens with one attached hydrogen (secondary N) is 1. The summed E-state index contributed by atoms with van der Waals surface area (Å²) < 4.78 is 8.24. The Balaban J connectivity index is 1.31. The lowest BCUT2D eigenvalue weighted by Gasteiger charge is -2.24. The second kappa shape index (κ2) is 5.68. The summed E-state index contributed by atoms with van der Waals surface area (Å²) in [7, 11) is 0. The average molecular weight is 311 g/mol. The molecule has 1 N–H and O–H groups in total. The normalized spacial score (nSPS) is 21.6. The van der Waals surface area contributed by atoms with Crippen molar-refractivity contribution < 1.29 is 4.74 Å². The Morgan fingerprint density at radius 1 is 1.39 bits per heavy atom. The molecule has 1 atom stereocenters. The monoisotopic (exact) mass is 311 g/mol. The molecule has 4 rings (SSSR count). The molecule has 4 heteroatoms. The van der Waals surface area contributed by atoms with Crippen LogP contribution in [0.2, 0.25) is 0 Å². The first-order valence-corrected chi connectivity index (χ1v) is 8.61. The molecule has 1 unspecified atom stereocenters. The zero-order valence-corrected chi connectivity index (χ0v) is 14.0. The Kier molecular flexibility index (Phi) is 3.64. The number of benzene rings is 1. The molecule has 0 saturated carbocycles. The molecule has 0 fully saturated rings. The Morgan fingerprint density at radius 2 is 2.30 bits per heavy atom. The maximum Gasteiger partial charge on any atom is 0.123 e. The highest BCUT2D eigenvalue weighted by atomic mass is 16.5. The zero-order chi connectivity index (χ0) is 15.9. The van der Waals surface area contributed by atoms with E-state index in [9.17, 15) is 0 Å². The van der Waals surface area contributed by atoms with E-state index in [0.717, 1.165) is 38.2 Å². The fraction of sp³-hybridized carbons (Fsp3) is 0.526. The van der Waals surface area contributed by atoms with Crippen LogP contribution in [0, 0.1) is 5.92 Å². The predicted molar refractivity (Wildman–Crippen MR) is 90.6 cm³/mol. The fourth-order valence-electron chi connectivity index (χ4n) is 3.80. The van der Waals surface area contributed by atoms with Gasteiger partial charge in [-0.15, -0.1) is 0 Å². The third-order valence-corrected chi connectivity index (χ3v) is 4.92. The number of rotatable bonds is 4. The minimum atomic E-state index is -0.0566. The lowest BCUT2D eigenvalue weighted by atomic mass is 9.99. The quantitative estimate of drug-likeness (QED) is 0.943. The van der Waals surface area contributed by atoms with Crippen LogP contribution < -0.4 is 10.1 Å². The van der Waals surface area contributed by atoms with Crippen molar-refractivity contribution in [1.82, 2.24) is 14.9 Å². The van der Waals surface area contributed by atoms with Crippen LogP contribution in [-0.2, 0) is 25.9 Å². The number of ether oxygens (including phenoxy) is 1. The van der Waals surface area contributed by atoms with Gasteiger partial charge in [-0.25, -0.2) is 4.98 Å². The molecule has 122 valence electrons. The number of fused-ring (bicyclic) bond motifs is 2. The minimum absolute atomic E-state index is 0.0566. The summed E-state index contributed by atoms with van der Waals surface area (Å²) in [5, 5.41) is 3.63. The summed E-state index contributed by atoms with van der Waals surface area (Å²) in [6.45, 7) is 7.39. The smallest absolute Gasteiger partial charge is 0.123 e. The Morgan fingerprint density at radius 3 is 3.22 bits per heavy atom. The molecule has 0 amide bonds. The van der Waals surface area contributed by atoms with Crippen LogP contribution in [0.3, 0.4) is 0 Å². The van der Waals surface area contributed by atoms with Crippen LogP contribution in [0.1, 0.15) is 37.2 Å². The van der Waals surface area contributed by atoms with Gasteiger partial charge in [-0.1, -0.05) is 12.1 Å². The van der Waals surface area contributed by atoms with E-state index in [2.05, 4.69) is 53.1 Å². The van der Waals surface area contributed by atoms with Gasteiger partial charge in [-0.3, -0.25) is 0 Å². The molecule has 0 spiro atoms. The number of imidazole rings is 1. The van der Waals surface area contributed by atoms with Crippen LogP contribution in [0.5, 0.6) is 5.75 Å². The van der Waals surface area contributed by atoms with Gasteiger partial charge >= 0.3 is 0 Å². The summed E-state index contributed by atoms with van der Waals surface area (Å²) in [6, 6.07) is 6.60. The highest BCUT2D eigenvalue weighted by Gasteiger charge is 2.29. The third-order valence-electron chi connectivity index (χ3n) is 4.92. The molecule has 2 aromatic rings. The van der Waals surface area contributed by atoms with Gasteiger partial charge in [0.1, 0.15) is 17.2 Å². The van der Waals surface area contributed by atoms with Crippen LogP contribution in [-0.4, -0.2) is 21.7 Å². The van der Waals surface area contributed by atoms with Gasteiger partial charge in [0.05, 0.1) is 0 Å². The van der Waals surface area contributed by atoms with E-state index in [1.54, 1.807) is 0 Å². The average Bonchev–Trinajstić information content (AvgIpc) is 3.08. The predicted octanol–water partition coefficient (Wildman–Crippen LogP) is 2.95. The first-order valence-electron chi connectivity index (χ1n) is 8.61. The third kappa shape index (κ3) is 3.13. The van der Waals surface area contributed by atoms with Gasteiger partial charge in [0.2, 0.25) is 0 Å². The van der Waals surface area contributed by atoms with Crippen molar-refractivity contribution in [3.05, 3.63) is 47.5 Å². The number of aromatic nitrogens is 2. The molecule has 4 nitrogen and oxygen atoms in total. The molecule has 0 saturated heterocycles. The summed E-state index contributed by atoms with van der Waals surface area (Å²) in [5.74, 6) is 2.99. The summed E-state index contributed by atoms with van der Waals surface area (Å²) in [6.07, 6.45) is 7.35. The Bertz CT molecular complexity index is 704. The maximum absolute atomic E-state index is 5.95. The van der Waals surface area contributed by atoms with E-state index >= 15 is 0 Å². The van der Waals surface area contributed by atoms with Gasteiger partial charge < -0.3 is 14.6 Å². The highest BCUT2D eigenvalue weighted by molar-refractivity contribution is 5.41. The molecule has 0 bridgehead atoms. The number of nitrogens with zero attached hydrogens (tertiary/aromatic N) is 2. The molecule has 0 aliphatic carbocycles. The van der Waals surface area contributed by atoms with E-state index < -0.39 is 0 Å². The molecule has 2 aliphatic heterocycles. The molecule has 3 heterocycles. The number of aryl methyl sites for hydroxylation is 1. The molecular weight excluding hydrogens is 286 g/mol. The van der Waals surface area contributed by atoms with Crippen LogP contribution in [0.15, 0.2) is 30.6 Å². The van der Waals surface area contributed by atoms with Crippen molar-refractivity contribution >= 4 is 0 Å². The van der Waals surface area contributed by atoms with Crippen molar-refractivity contribution in [2.75, 3.05) is 6.54 Å². The van der Waals surface area contributed by atoms with Gasteiger partial charge in [0.15, 0.2) is 0 Å². The number of hydrogen-bond acceptors (Lipinski definition) is 3. The largest absolute Gasteiger partial charge is 0.487 e. The summed E-state index contributed by atoms with van der Waals surface area (Å²) in [4.78, 5) is 4.39. The van der Waals surface area contributed by atoms with E-state index in [1.165, 1.54) is 23.4 Å². The van der Waals surface area contributed by atoms with Crippen molar-refractivity contribution in [3.8, 4) is 5.75 Å². The standard InChI is InChI=1S/C19H25N3O/c1-19(2)10-16-9-14(3-5-17(16)23-19)11-20-12-15-4-6-18-21-7-8-22(18)13-15/h3,5,7-9,15,20H,4,6,10-13H2,1-2H3. The van der Waals surface area contributed by atoms with Crippen LogP contribution >= 0.6 is 0 Å². The molecule has 23 heavy (non-hydrogen) atoms. The second-order valence-electron chi connectivity index (χ2n) is 7.51. The first-order chi connectivity index (χ1) is 11.1. The Hall–Kier alpha value is -1.81. The van der Waals surface area contributed by atoms with E-state index in [1.807, 2.05) is 6.20 Å². The van der Waals surface area contributed by atoms with E-state index in [4.69, 9.17) is 4.74 Å². The van der Waals surface area contributed by atoms with E-state index in [-0.39, 0.29) is 5.60 Å². The van der Waals surface area contributed by atoms with Crippen molar-refractivity contribution in [2.45, 2.75) is 51.8 Å². The van der Waals surface area contributed by atoms with Gasteiger partial charge in [-0.2, -0.15) is 0 Å². The maximum atomic E-state index is 5.95. The molecule has 2 aliphatic rings. The summed E-state index contributed by atoms with van der Waals surface area (Å²) in [5.41, 5.74) is 2.64. The summed E-state index contributed by atoms with van der Waals surface area (Å²) >= 11 is 0. The topological polar surface area (TPSA) is 39.1 Å². The lowest BCUT2D eigenvalue weighted by Crippen LogP contribution is -2.29. The van der Waals surface area contributed by atoms with Crippen LogP contribution in [0.25, 0.3) is 0 Å². The number of hydrogen-bond donors (Lipinski definition) is 1. The van der Waals surface area contributed by atoms with E-state index in [0.29, 0.717) is 5.92 Å². The highest BCUT2D eigenvalue weighted by Crippen LogP contribution is 2.35. The SMILES string of the molecule is CC1(C)Cc2cc(CNCC3CCc4nccn4C3)ccc2O1.